The lowest BCUT2D eigenvalue weighted by atomic mass is 10.1. The normalized spacial score (nSPS) is 14.3. The average molecular weight is 564 g/mol. The number of carbonyl (C=O) groups excluding carboxylic acids is 1. The number of hydrogen-bond acceptors (Lipinski definition) is 8. The first-order chi connectivity index (χ1) is 20.5. The number of carboxylic acid groups (broad SMARTS) is 1. The van der Waals surface area contributed by atoms with Gasteiger partial charge >= 0.3 is 0 Å². The van der Waals surface area contributed by atoms with E-state index in [-0.39, 0.29) is 11.6 Å². The highest BCUT2D eigenvalue weighted by molar-refractivity contribution is 5.91. The molecule has 214 valence electrons. The second-order valence-electron chi connectivity index (χ2n) is 10.5. The second kappa shape index (κ2) is 11.9. The number of carbonyl (C=O) groups is 1. The number of rotatable bonds is 10. The Balaban J connectivity index is 1.15. The van der Waals surface area contributed by atoms with Crippen molar-refractivity contribution in [2.45, 2.75) is 52.0 Å². The Bertz CT molecular complexity index is 1740. The highest BCUT2D eigenvalue weighted by atomic mass is 16.5. The van der Waals surface area contributed by atoms with E-state index in [2.05, 4.69) is 37.1 Å². The van der Waals surface area contributed by atoms with Crippen LogP contribution in [0.4, 0.5) is 0 Å². The van der Waals surface area contributed by atoms with Gasteiger partial charge in [0.05, 0.1) is 66.0 Å². The Morgan fingerprint density at radius 1 is 1.12 bits per heavy atom. The standard InChI is InChI=1S/C31H32N8O3/c1-2-37-21-33-17-26(37)18-38-28-15-24(31(40)41)7-8-27(28)35-29(38)19-36-13-10-25(11-14-36)39-30(9-12-34-39)42-20-23-5-3-22(16-32)4-6-23/h3-9,12,15,17,21,25H,2,10-11,13-14,18-20H2,1H3,(H,40,41)/p-1. The van der Waals surface area contributed by atoms with Crippen molar-refractivity contribution in [2.24, 2.45) is 0 Å². The molecule has 1 aliphatic heterocycles. The third kappa shape index (κ3) is 5.62. The molecule has 0 N–H and O–H groups in total. The molecular weight excluding hydrogens is 532 g/mol. The van der Waals surface area contributed by atoms with E-state index in [0.717, 1.165) is 66.5 Å². The molecular formula is C31H31N8O3-. The monoisotopic (exact) mass is 563 g/mol. The maximum absolute atomic E-state index is 11.6. The van der Waals surface area contributed by atoms with Crippen molar-refractivity contribution < 1.29 is 14.6 Å². The summed E-state index contributed by atoms with van der Waals surface area (Å²) in [6.07, 6.45) is 7.24. The molecule has 0 saturated carbocycles. The van der Waals surface area contributed by atoms with Gasteiger partial charge in [-0.3, -0.25) is 4.90 Å². The zero-order valence-corrected chi connectivity index (χ0v) is 23.4. The maximum atomic E-state index is 11.6. The van der Waals surface area contributed by atoms with Gasteiger partial charge in [-0.05, 0) is 55.2 Å². The number of aryl methyl sites for hydroxylation is 1. The van der Waals surface area contributed by atoms with Crippen LogP contribution >= 0.6 is 0 Å². The lowest BCUT2D eigenvalue weighted by Gasteiger charge is -2.32. The van der Waals surface area contributed by atoms with Crippen molar-refractivity contribution in [3.05, 3.63) is 95.5 Å². The van der Waals surface area contributed by atoms with Crippen molar-refractivity contribution in [3.8, 4) is 11.9 Å². The van der Waals surface area contributed by atoms with Crippen LogP contribution in [0.2, 0.25) is 0 Å². The number of aromatic nitrogens is 6. The van der Waals surface area contributed by atoms with E-state index in [9.17, 15) is 9.90 Å². The number of ether oxygens (including phenoxy) is 1. The van der Waals surface area contributed by atoms with Crippen molar-refractivity contribution in [1.82, 2.24) is 33.8 Å². The molecule has 0 atom stereocenters. The zero-order chi connectivity index (χ0) is 29.1. The first kappa shape index (κ1) is 27.2. The van der Waals surface area contributed by atoms with Crippen LogP contribution < -0.4 is 9.84 Å². The van der Waals surface area contributed by atoms with Crippen LogP contribution in [0.1, 0.15) is 58.8 Å². The molecule has 1 fully saturated rings. The summed E-state index contributed by atoms with van der Waals surface area (Å²) in [5.74, 6) is 0.412. The van der Waals surface area contributed by atoms with Crippen LogP contribution in [0.5, 0.6) is 5.88 Å². The average Bonchev–Trinajstić information content (AvgIpc) is 3.76. The van der Waals surface area contributed by atoms with Crippen LogP contribution in [0, 0.1) is 11.3 Å². The predicted octanol–water partition coefficient (Wildman–Crippen LogP) is 3.15. The summed E-state index contributed by atoms with van der Waals surface area (Å²) < 4.78 is 12.2. The number of nitrogens with zero attached hydrogens (tertiary/aromatic N) is 8. The van der Waals surface area contributed by atoms with E-state index < -0.39 is 5.97 Å². The number of fused-ring (bicyclic) bond motifs is 1. The van der Waals surface area contributed by atoms with Crippen LogP contribution in [-0.2, 0) is 26.2 Å². The Morgan fingerprint density at radius 3 is 2.67 bits per heavy atom. The van der Waals surface area contributed by atoms with Crippen molar-refractivity contribution >= 4 is 17.0 Å². The van der Waals surface area contributed by atoms with E-state index in [4.69, 9.17) is 15.0 Å². The first-order valence-electron chi connectivity index (χ1n) is 14.1. The minimum absolute atomic E-state index is 0.136. The minimum atomic E-state index is -1.20. The number of piperidine rings is 1. The van der Waals surface area contributed by atoms with Crippen LogP contribution in [0.15, 0.2) is 67.3 Å². The SMILES string of the molecule is CCn1cncc1Cn1c(CN2CCC(n3nccc3OCc3ccc(C#N)cc3)CC2)nc2ccc(C(=O)[O-])cc21. The van der Waals surface area contributed by atoms with E-state index in [1.807, 2.05) is 35.4 Å². The number of hydrogen-bond donors (Lipinski definition) is 0. The highest BCUT2D eigenvalue weighted by Gasteiger charge is 2.25. The van der Waals surface area contributed by atoms with Gasteiger partial charge in [-0.25, -0.2) is 14.6 Å². The summed E-state index contributed by atoms with van der Waals surface area (Å²) in [5.41, 5.74) is 4.31. The minimum Gasteiger partial charge on any atom is -0.545 e. The van der Waals surface area contributed by atoms with Gasteiger partial charge in [0.25, 0.3) is 0 Å². The summed E-state index contributed by atoms with van der Waals surface area (Å²) >= 11 is 0. The largest absolute Gasteiger partial charge is 0.545 e. The van der Waals surface area contributed by atoms with E-state index in [0.29, 0.717) is 25.3 Å². The van der Waals surface area contributed by atoms with Gasteiger partial charge in [0.2, 0.25) is 5.88 Å². The Hall–Kier alpha value is -4.95. The van der Waals surface area contributed by atoms with Gasteiger partial charge in [-0.15, -0.1) is 0 Å². The van der Waals surface area contributed by atoms with Crippen molar-refractivity contribution in [3.63, 3.8) is 0 Å². The summed E-state index contributed by atoms with van der Waals surface area (Å²) in [6.45, 7) is 6.17. The van der Waals surface area contributed by atoms with E-state index >= 15 is 0 Å². The Labute approximate surface area is 243 Å². The Kier molecular flexibility index (Phi) is 7.70. The number of nitriles is 1. The molecule has 0 bridgehead atoms. The summed E-state index contributed by atoms with van der Waals surface area (Å²) in [5, 5.41) is 25.2. The van der Waals surface area contributed by atoms with Gasteiger partial charge in [0.1, 0.15) is 12.4 Å². The van der Waals surface area contributed by atoms with Gasteiger partial charge < -0.3 is 23.8 Å². The molecule has 1 aliphatic rings. The molecule has 3 aromatic heterocycles. The highest BCUT2D eigenvalue weighted by Crippen LogP contribution is 2.28. The lowest BCUT2D eigenvalue weighted by Crippen LogP contribution is -2.35. The number of imidazole rings is 2. The number of carboxylic acids is 1. The van der Waals surface area contributed by atoms with Crippen LogP contribution in [0.25, 0.3) is 11.0 Å². The fourth-order valence-electron chi connectivity index (χ4n) is 5.57. The fourth-order valence-corrected chi connectivity index (χ4v) is 5.57. The van der Waals surface area contributed by atoms with Gasteiger partial charge in [0.15, 0.2) is 0 Å². The molecule has 5 aromatic rings. The predicted molar refractivity (Wildman–Crippen MR) is 152 cm³/mol. The molecule has 0 aliphatic carbocycles. The molecule has 6 rings (SSSR count). The molecule has 11 heteroatoms. The van der Waals surface area contributed by atoms with Gasteiger partial charge in [0, 0.05) is 31.9 Å². The number of likely N-dealkylation sites (tertiary alicyclic amines) is 1. The zero-order valence-electron chi connectivity index (χ0n) is 23.4. The topological polar surface area (TPSA) is 130 Å². The third-order valence-corrected chi connectivity index (χ3v) is 7.89. The summed E-state index contributed by atoms with van der Waals surface area (Å²) in [4.78, 5) is 23.2. The van der Waals surface area contributed by atoms with Gasteiger partial charge in [-0.1, -0.05) is 18.2 Å². The van der Waals surface area contributed by atoms with Crippen LogP contribution in [0.3, 0.4) is 0 Å². The molecule has 1 saturated heterocycles. The number of aromatic carboxylic acids is 1. The van der Waals surface area contributed by atoms with Crippen molar-refractivity contribution in [1.29, 1.82) is 5.26 Å². The smallest absolute Gasteiger partial charge is 0.212 e. The lowest BCUT2D eigenvalue weighted by molar-refractivity contribution is -0.255. The first-order valence-corrected chi connectivity index (χ1v) is 14.1. The molecule has 0 spiro atoms. The quantitative estimate of drug-likeness (QED) is 0.253. The Morgan fingerprint density at radius 2 is 1.93 bits per heavy atom. The molecule has 42 heavy (non-hydrogen) atoms. The third-order valence-electron chi connectivity index (χ3n) is 7.89. The fraction of sp³-hybridized carbons (Fsp3) is 0.323. The number of benzene rings is 2. The van der Waals surface area contributed by atoms with E-state index in [1.165, 1.54) is 0 Å². The van der Waals surface area contributed by atoms with Crippen LogP contribution in [-0.4, -0.2) is 52.8 Å². The molecule has 0 amide bonds. The molecule has 0 radical (unpaired) electrons. The summed E-state index contributed by atoms with van der Waals surface area (Å²) in [6, 6.07) is 16.6. The molecule has 0 unspecified atom stereocenters. The van der Waals surface area contributed by atoms with E-state index in [1.54, 1.807) is 36.5 Å². The van der Waals surface area contributed by atoms with Crippen molar-refractivity contribution in [2.75, 3.05) is 13.1 Å². The summed E-state index contributed by atoms with van der Waals surface area (Å²) in [7, 11) is 0. The second-order valence-corrected chi connectivity index (χ2v) is 10.5. The molecule has 11 nitrogen and oxygen atoms in total. The molecule has 2 aromatic carbocycles. The maximum Gasteiger partial charge on any atom is 0.212 e. The van der Waals surface area contributed by atoms with Gasteiger partial charge in [-0.2, -0.15) is 10.4 Å². The molecule has 4 heterocycles.